The maximum absolute atomic E-state index is 13.5. The molecular weight excluding hydrogens is 322 g/mol. The Kier molecular flexibility index (Phi) is 3.80. The number of hydrogen-bond donors (Lipinski definition) is 1. The number of carbonyl (C=O) groups is 1. The average Bonchev–Trinajstić information content (AvgIpc) is 2.35. The van der Waals surface area contributed by atoms with Gasteiger partial charge in [0.25, 0.3) is 0 Å². The summed E-state index contributed by atoms with van der Waals surface area (Å²) in [6.45, 7) is 0. The number of halogens is 3. The lowest BCUT2D eigenvalue weighted by Crippen LogP contribution is -2.01. The van der Waals surface area contributed by atoms with Crippen molar-refractivity contribution in [3.63, 3.8) is 0 Å². The van der Waals surface area contributed by atoms with Gasteiger partial charge in [-0.05, 0) is 36.4 Å². The van der Waals surface area contributed by atoms with Gasteiger partial charge in [0.05, 0.1) is 0 Å². The number of carboxylic acid groups (broad SMARTS) is 1. The van der Waals surface area contributed by atoms with E-state index in [1.165, 1.54) is 18.2 Å². The third-order valence-electron chi connectivity index (χ3n) is 2.29. The third kappa shape index (κ3) is 3.08. The first-order valence-electron chi connectivity index (χ1n) is 5.13. The Morgan fingerprint density at radius 1 is 1.11 bits per heavy atom. The van der Waals surface area contributed by atoms with Crippen LogP contribution in [0, 0.1) is 11.6 Å². The standard InChI is InChI=1S/C13H7BrF2O3/c14-7-1-3-10(16)12(5-7)19-11-4-2-8(15)6-9(11)13(17)18/h1-6H,(H,17,18). The van der Waals surface area contributed by atoms with E-state index in [0.717, 1.165) is 18.2 Å². The summed E-state index contributed by atoms with van der Waals surface area (Å²) < 4.78 is 32.2. The molecule has 0 fully saturated rings. The molecule has 19 heavy (non-hydrogen) atoms. The Balaban J connectivity index is 2.43. The maximum atomic E-state index is 13.5. The maximum Gasteiger partial charge on any atom is 0.339 e. The third-order valence-corrected chi connectivity index (χ3v) is 2.78. The summed E-state index contributed by atoms with van der Waals surface area (Å²) in [5, 5.41) is 8.94. The second kappa shape index (κ2) is 5.36. The molecule has 0 spiro atoms. The minimum Gasteiger partial charge on any atom is -0.478 e. The lowest BCUT2D eigenvalue weighted by molar-refractivity contribution is 0.0693. The highest BCUT2D eigenvalue weighted by Gasteiger charge is 2.15. The molecule has 0 amide bonds. The predicted octanol–water partition coefficient (Wildman–Crippen LogP) is 4.22. The van der Waals surface area contributed by atoms with Gasteiger partial charge in [-0.3, -0.25) is 0 Å². The van der Waals surface area contributed by atoms with Crippen LogP contribution in [-0.2, 0) is 0 Å². The van der Waals surface area contributed by atoms with Crippen LogP contribution in [0.1, 0.15) is 10.4 Å². The summed E-state index contributed by atoms with van der Waals surface area (Å²) in [4.78, 5) is 11.0. The van der Waals surface area contributed by atoms with E-state index < -0.39 is 17.6 Å². The van der Waals surface area contributed by atoms with Crippen LogP contribution in [0.25, 0.3) is 0 Å². The SMILES string of the molecule is O=C(O)c1cc(F)ccc1Oc1cc(Br)ccc1F. The molecule has 0 aliphatic heterocycles. The van der Waals surface area contributed by atoms with Gasteiger partial charge in [-0.25, -0.2) is 13.6 Å². The minimum atomic E-state index is -1.36. The molecule has 0 saturated carbocycles. The van der Waals surface area contributed by atoms with Gasteiger partial charge in [-0.2, -0.15) is 0 Å². The molecule has 0 unspecified atom stereocenters. The van der Waals surface area contributed by atoms with Gasteiger partial charge in [0, 0.05) is 4.47 Å². The van der Waals surface area contributed by atoms with E-state index in [9.17, 15) is 13.6 Å². The Labute approximate surface area is 115 Å². The van der Waals surface area contributed by atoms with Crippen molar-refractivity contribution in [1.29, 1.82) is 0 Å². The van der Waals surface area contributed by atoms with Gasteiger partial charge in [-0.1, -0.05) is 15.9 Å². The van der Waals surface area contributed by atoms with Gasteiger partial charge in [0.2, 0.25) is 0 Å². The molecule has 0 atom stereocenters. The number of carboxylic acids is 1. The monoisotopic (exact) mass is 328 g/mol. The molecule has 6 heteroatoms. The summed E-state index contributed by atoms with van der Waals surface area (Å²) >= 11 is 3.15. The van der Waals surface area contributed by atoms with E-state index in [-0.39, 0.29) is 17.1 Å². The van der Waals surface area contributed by atoms with Crippen LogP contribution in [0.5, 0.6) is 11.5 Å². The number of benzene rings is 2. The van der Waals surface area contributed by atoms with Crippen molar-refractivity contribution in [3.05, 3.63) is 58.1 Å². The van der Waals surface area contributed by atoms with Crippen molar-refractivity contribution in [3.8, 4) is 11.5 Å². The molecule has 2 rings (SSSR count). The fourth-order valence-electron chi connectivity index (χ4n) is 1.43. The average molecular weight is 329 g/mol. The first-order chi connectivity index (χ1) is 8.97. The number of rotatable bonds is 3. The summed E-state index contributed by atoms with van der Waals surface area (Å²) in [5.74, 6) is -3.00. The van der Waals surface area contributed by atoms with E-state index in [1.807, 2.05) is 0 Å². The second-order valence-electron chi connectivity index (χ2n) is 3.62. The fourth-order valence-corrected chi connectivity index (χ4v) is 1.77. The largest absolute Gasteiger partial charge is 0.478 e. The highest BCUT2D eigenvalue weighted by Crippen LogP contribution is 2.30. The topological polar surface area (TPSA) is 46.5 Å². The van der Waals surface area contributed by atoms with Crippen LogP contribution in [-0.4, -0.2) is 11.1 Å². The lowest BCUT2D eigenvalue weighted by Gasteiger charge is -2.09. The molecule has 0 radical (unpaired) electrons. The summed E-state index contributed by atoms with van der Waals surface area (Å²) in [7, 11) is 0. The molecule has 0 saturated heterocycles. The Hall–Kier alpha value is -1.95. The van der Waals surface area contributed by atoms with Crippen LogP contribution < -0.4 is 4.74 Å². The van der Waals surface area contributed by atoms with E-state index in [4.69, 9.17) is 9.84 Å². The molecule has 0 aliphatic carbocycles. The Bertz CT molecular complexity index is 644. The number of aromatic carboxylic acids is 1. The van der Waals surface area contributed by atoms with Crippen molar-refractivity contribution >= 4 is 21.9 Å². The molecule has 0 aliphatic rings. The second-order valence-corrected chi connectivity index (χ2v) is 4.54. The Morgan fingerprint density at radius 3 is 2.53 bits per heavy atom. The Morgan fingerprint density at radius 2 is 1.84 bits per heavy atom. The van der Waals surface area contributed by atoms with Crippen molar-refractivity contribution in [2.75, 3.05) is 0 Å². The van der Waals surface area contributed by atoms with Gasteiger partial charge in [0.15, 0.2) is 11.6 Å². The molecule has 0 aromatic heterocycles. The highest BCUT2D eigenvalue weighted by atomic mass is 79.9. The molecule has 0 heterocycles. The van der Waals surface area contributed by atoms with Crippen molar-refractivity contribution in [1.82, 2.24) is 0 Å². The number of ether oxygens (including phenoxy) is 1. The van der Waals surface area contributed by atoms with Crippen molar-refractivity contribution < 1.29 is 23.4 Å². The molecule has 3 nitrogen and oxygen atoms in total. The van der Waals surface area contributed by atoms with Crippen LogP contribution in [0.15, 0.2) is 40.9 Å². The van der Waals surface area contributed by atoms with E-state index in [1.54, 1.807) is 0 Å². The smallest absolute Gasteiger partial charge is 0.339 e. The molecular formula is C13H7BrF2O3. The zero-order valence-electron chi connectivity index (χ0n) is 9.36. The van der Waals surface area contributed by atoms with E-state index >= 15 is 0 Å². The summed E-state index contributed by atoms with van der Waals surface area (Å²) in [6, 6.07) is 6.99. The van der Waals surface area contributed by atoms with Crippen molar-refractivity contribution in [2.45, 2.75) is 0 Å². The highest BCUT2D eigenvalue weighted by molar-refractivity contribution is 9.10. The van der Waals surface area contributed by atoms with E-state index in [0.29, 0.717) is 4.47 Å². The zero-order valence-corrected chi connectivity index (χ0v) is 10.9. The quantitative estimate of drug-likeness (QED) is 0.917. The number of hydrogen-bond acceptors (Lipinski definition) is 2. The van der Waals surface area contributed by atoms with Crippen LogP contribution in [0.4, 0.5) is 8.78 Å². The molecule has 0 bridgehead atoms. The van der Waals surface area contributed by atoms with Gasteiger partial charge >= 0.3 is 5.97 Å². The molecule has 2 aromatic carbocycles. The minimum absolute atomic E-state index is 0.133. The first-order valence-corrected chi connectivity index (χ1v) is 5.92. The van der Waals surface area contributed by atoms with Gasteiger partial charge < -0.3 is 9.84 Å². The van der Waals surface area contributed by atoms with Gasteiger partial charge in [-0.15, -0.1) is 0 Å². The lowest BCUT2D eigenvalue weighted by atomic mass is 10.2. The summed E-state index contributed by atoms with van der Waals surface area (Å²) in [5.41, 5.74) is -0.376. The molecule has 98 valence electrons. The van der Waals surface area contributed by atoms with Crippen LogP contribution in [0.2, 0.25) is 0 Å². The summed E-state index contributed by atoms with van der Waals surface area (Å²) in [6.07, 6.45) is 0. The van der Waals surface area contributed by atoms with Crippen molar-refractivity contribution in [2.24, 2.45) is 0 Å². The normalized spacial score (nSPS) is 10.3. The fraction of sp³-hybridized carbons (Fsp3) is 0. The van der Waals surface area contributed by atoms with Crippen LogP contribution >= 0.6 is 15.9 Å². The molecule has 2 aromatic rings. The zero-order chi connectivity index (χ0) is 14.0. The molecule has 1 N–H and O–H groups in total. The van der Waals surface area contributed by atoms with E-state index in [2.05, 4.69) is 15.9 Å². The predicted molar refractivity (Wildman–Crippen MR) is 67.5 cm³/mol. The van der Waals surface area contributed by atoms with Gasteiger partial charge in [0.1, 0.15) is 17.1 Å². The first kappa shape index (κ1) is 13.5. The van der Waals surface area contributed by atoms with Crippen LogP contribution in [0.3, 0.4) is 0 Å².